The van der Waals surface area contributed by atoms with Gasteiger partial charge in [0, 0.05) is 26.2 Å². The fraction of sp³-hybridized carbons (Fsp3) is 0.923. The summed E-state index contributed by atoms with van der Waals surface area (Å²) in [6.07, 6.45) is 3.53. The number of likely N-dealkylation sites (tertiary alicyclic amines) is 1. The van der Waals surface area contributed by atoms with E-state index in [2.05, 4.69) is 17.1 Å². The lowest BCUT2D eigenvalue weighted by molar-refractivity contribution is -0.134. The summed E-state index contributed by atoms with van der Waals surface area (Å²) in [7, 11) is 1.97. The Hall–Kier alpha value is -0.610. The predicted molar refractivity (Wildman–Crippen MR) is 68.9 cm³/mol. The number of nitrogens with zero attached hydrogens (tertiary/aromatic N) is 2. The van der Waals surface area contributed by atoms with Crippen LogP contribution in [0.3, 0.4) is 0 Å². The lowest BCUT2D eigenvalue weighted by Crippen LogP contribution is -2.43. The number of carbonyl (C=O) groups is 1. The molecule has 1 amide bonds. The molecule has 4 heteroatoms. The maximum Gasteiger partial charge on any atom is 0.226 e. The van der Waals surface area contributed by atoms with Gasteiger partial charge in [-0.3, -0.25) is 9.69 Å². The van der Waals surface area contributed by atoms with Crippen molar-refractivity contribution >= 4 is 5.91 Å². The van der Waals surface area contributed by atoms with Crippen molar-refractivity contribution in [2.24, 2.45) is 5.92 Å². The van der Waals surface area contributed by atoms with Crippen molar-refractivity contribution in [3.05, 3.63) is 0 Å². The van der Waals surface area contributed by atoms with E-state index < -0.39 is 0 Å². The van der Waals surface area contributed by atoms with Crippen molar-refractivity contribution in [2.45, 2.75) is 32.2 Å². The molecule has 0 aromatic heterocycles. The summed E-state index contributed by atoms with van der Waals surface area (Å²) in [6, 6.07) is 0.586. The van der Waals surface area contributed by atoms with Gasteiger partial charge in [-0.15, -0.1) is 0 Å². The van der Waals surface area contributed by atoms with Gasteiger partial charge in [0.2, 0.25) is 5.91 Å². The lowest BCUT2D eigenvalue weighted by atomic mass is 10.1. The summed E-state index contributed by atoms with van der Waals surface area (Å²) in [4.78, 5) is 16.6. The number of hydrogen-bond acceptors (Lipinski definition) is 3. The molecule has 17 heavy (non-hydrogen) atoms. The first-order valence-corrected chi connectivity index (χ1v) is 6.92. The van der Waals surface area contributed by atoms with Crippen LogP contribution in [-0.4, -0.2) is 61.5 Å². The maximum atomic E-state index is 12.2. The summed E-state index contributed by atoms with van der Waals surface area (Å²) < 4.78 is 0. The number of carbonyl (C=O) groups excluding carboxylic acids is 1. The van der Waals surface area contributed by atoms with E-state index in [9.17, 15) is 4.79 Å². The van der Waals surface area contributed by atoms with Gasteiger partial charge >= 0.3 is 0 Å². The van der Waals surface area contributed by atoms with Gasteiger partial charge in [0.25, 0.3) is 0 Å². The molecule has 0 aliphatic carbocycles. The Labute approximate surface area is 104 Å². The molecule has 0 radical (unpaired) electrons. The highest BCUT2D eigenvalue weighted by molar-refractivity contribution is 5.79. The number of likely N-dealkylation sites (N-methyl/N-ethyl adjacent to an activating group) is 2. The van der Waals surface area contributed by atoms with E-state index >= 15 is 0 Å². The fourth-order valence-corrected chi connectivity index (χ4v) is 3.10. The molecule has 2 rings (SSSR count). The normalized spacial score (nSPS) is 29.8. The van der Waals surface area contributed by atoms with E-state index in [1.54, 1.807) is 0 Å². The third-order valence-electron chi connectivity index (χ3n) is 4.18. The molecule has 98 valence electrons. The van der Waals surface area contributed by atoms with Gasteiger partial charge in [0.15, 0.2) is 0 Å². The second-order valence-corrected chi connectivity index (χ2v) is 5.33. The smallest absolute Gasteiger partial charge is 0.226 e. The first kappa shape index (κ1) is 12.8. The van der Waals surface area contributed by atoms with Crippen LogP contribution in [-0.2, 0) is 4.79 Å². The van der Waals surface area contributed by atoms with Crippen LogP contribution in [0.5, 0.6) is 0 Å². The number of amides is 1. The van der Waals surface area contributed by atoms with Gasteiger partial charge in [0.05, 0.1) is 5.92 Å². The van der Waals surface area contributed by atoms with E-state index in [0.29, 0.717) is 11.9 Å². The SMILES string of the molecule is CCN1CCCC1CN(C)C(=O)C1CCNC1. The molecule has 0 spiro atoms. The number of rotatable bonds is 4. The monoisotopic (exact) mass is 239 g/mol. The van der Waals surface area contributed by atoms with Gasteiger partial charge in [-0.25, -0.2) is 0 Å². The molecule has 2 saturated heterocycles. The third kappa shape index (κ3) is 2.99. The first-order valence-electron chi connectivity index (χ1n) is 6.92. The van der Waals surface area contributed by atoms with Crippen molar-refractivity contribution in [1.29, 1.82) is 0 Å². The Morgan fingerprint density at radius 2 is 2.29 bits per heavy atom. The summed E-state index contributed by atoms with van der Waals surface area (Å²) in [5.74, 6) is 0.550. The molecule has 2 unspecified atom stereocenters. The number of hydrogen-bond donors (Lipinski definition) is 1. The van der Waals surface area contributed by atoms with E-state index in [1.807, 2.05) is 11.9 Å². The zero-order valence-corrected chi connectivity index (χ0v) is 11.1. The Balaban J connectivity index is 1.83. The molecule has 4 nitrogen and oxygen atoms in total. The van der Waals surface area contributed by atoms with Gasteiger partial charge < -0.3 is 10.2 Å². The van der Waals surface area contributed by atoms with Crippen LogP contribution in [0.15, 0.2) is 0 Å². The predicted octanol–water partition coefficient (Wildman–Crippen LogP) is 0.539. The fourth-order valence-electron chi connectivity index (χ4n) is 3.10. The molecule has 2 fully saturated rings. The first-order chi connectivity index (χ1) is 8.22. The van der Waals surface area contributed by atoms with Gasteiger partial charge in [-0.05, 0) is 38.9 Å². The van der Waals surface area contributed by atoms with Crippen molar-refractivity contribution in [3.63, 3.8) is 0 Å². The minimum atomic E-state index is 0.219. The Morgan fingerprint density at radius 3 is 2.94 bits per heavy atom. The van der Waals surface area contributed by atoms with Crippen LogP contribution in [0.4, 0.5) is 0 Å². The van der Waals surface area contributed by atoms with Crippen LogP contribution in [0.25, 0.3) is 0 Å². The zero-order chi connectivity index (χ0) is 12.3. The molecule has 2 aliphatic rings. The molecular weight excluding hydrogens is 214 g/mol. The molecule has 2 atom stereocenters. The standard InChI is InChI=1S/C13H25N3O/c1-3-16-8-4-5-12(16)10-15(2)13(17)11-6-7-14-9-11/h11-12,14H,3-10H2,1-2H3. The van der Waals surface area contributed by atoms with Crippen LogP contribution < -0.4 is 5.32 Å². The zero-order valence-electron chi connectivity index (χ0n) is 11.1. The van der Waals surface area contributed by atoms with Crippen molar-refractivity contribution in [3.8, 4) is 0 Å². The highest BCUT2D eigenvalue weighted by Crippen LogP contribution is 2.18. The second-order valence-electron chi connectivity index (χ2n) is 5.33. The van der Waals surface area contributed by atoms with E-state index in [0.717, 1.165) is 32.6 Å². The molecule has 0 aromatic rings. The van der Waals surface area contributed by atoms with Gasteiger partial charge in [0.1, 0.15) is 0 Å². The minimum absolute atomic E-state index is 0.219. The van der Waals surface area contributed by atoms with Gasteiger partial charge in [-0.1, -0.05) is 6.92 Å². The topological polar surface area (TPSA) is 35.6 Å². The van der Waals surface area contributed by atoms with Crippen LogP contribution in [0.2, 0.25) is 0 Å². The van der Waals surface area contributed by atoms with Crippen LogP contribution in [0.1, 0.15) is 26.2 Å². The quantitative estimate of drug-likeness (QED) is 0.778. The summed E-state index contributed by atoms with van der Waals surface area (Å²) in [5, 5.41) is 3.26. The molecule has 2 heterocycles. The lowest BCUT2D eigenvalue weighted by Gasteiger charge is -2.29. The Morgan fingerprint density at radius 1 is 1.47 bits per heavy atom. The maximum absolute atomic E-state index is 12.2. The molecular formula is C13H25N3O. The summed E-state index contributed by atoms with van der Waals surface area (Å²) >= 11 is 0. The Kier molecular flexibility index (Phi) is 4.40. The van der Waals surface area contributed by atoms with Crippen molar-refractivity contribution < 1.29 is 4.79 Å². The molecule has 0 aromatic carbocycles. The molecule has 0 saturated carbocycles. The average Bonchev–Trinajstić information content (AvgIpc) is 2.98. The molecule has 0 bridgehead atoms. The van der Waals surface area contributed by atoms with Crippen molar-refractivity contribution in [1.82, 2.24) is 15.1 Å². The van der Waals surface area contributed by atoms with E-state index in [1.165, 1.54) is 19.4 Å². The highest BCUT2D eigenvalue weighted by atomic mass is 16.2. The average molecular weight is 239 g/mol. The van der Waals surface area contributed by atoms with Gasteiger partial charge in [-0.2, -0.15) is 0 Å². The summed E-state index contributed by atoms with van der Waals surface area (Å²) in [6.45, 7) is 7.29. The summed E-state index contributed by atoms with van der Waals surface area (Å²) in [5.41, 5.74) is 0. The second kappa shape index (κ2) is 5.83. The minimum Gasteiger partial charge on any atom is -0.344 e. The van der Waals surface area contributed by atoms with Crippen LogP contribution >= 0.6 is 0 Å². The molecule has 2 aliphatic heterocycles. The largest absolute Gasteiger partial charge is 0.344 e. The third-order valence-corrected chi connectivity index (χ3v) is 4.18. The van der Waals surface area contributed by atoms with Crippen LogP contribution in [0, 0.1) is 5.92 Å². The Bertz CT molecular complexity index is 263. The van der Waals surface area contributed by atoms with E-state index in [-0.39, 0.29) is 5.92 Å². The highest BCUT2D eigenvalue weighted by Gasteiger charge is 2.29. The molecule has 1 N–H and O–H groups in total. The van der Waals surface area contributed by atoms with Crippen molar-refractivity contribution in [2.75, 3.05) is 39.8 Å². The number of nitrogens with one attached hydrogen (secondary N) is 1. The van der Waals surface area contributed by atoms with E-state index in [4.69, 9.17) is 0 Å².